The van der Waals surface area contributed by atoms with Crippen molar-refractivity contribution in [3.05, 3.63) is 96.1 Å². The molecule has 0 spiro atoms. The maximum Gasteiger partial charge on any atom is 0.0870 e. The van der Waals surface area contributed by atoms with E-state index in [1.807, 2.05) is 79.9 Å². The molecule has 1 aliphatic rings. The second-order valence-electron chi connectivity index (χ2n) is 6.89. The molecule has 1 aliphatic heterocycles. The van der Waals surface area contributed by atoms with Crippen molar-refractivity contribution in [2.45, 2.75) is 45.1 Å². The van der Waals surface area contributed by atoms with Gasteiger partial charge in [0.25, 0.3) is 0 Å². The van der Waals surface area contributed by atoms with E-state index in [2.05, 4.69) is 16.9 Å². The van der Waals surface area contributed by atoms with Gasteiger partial charge in [-0.1, -0.05) is 56.3 Å². The van der Waals surface area contributed by atoms with Gasteiger partial charge in [0.2, 0.25) is 0 Å². The van der Waals surface area contributed by atoms with Crippen LogP contribution < -0.4 is 0 Å². The van der Waals surface area contributed by atoms with Crippen molar-refractivity contribution < 1.29 is 9.84 Å². The number of aromatic nitrogens is 2. The monoisotopic (exact) mass is 392 g/mol. The van der Waals surface area contributed by atoms with Crippen LogP contribution in [-0.4, -0.2) is 28.3 Å². The van der Waals surface area contributed by atoms with Gasteiger partial charge >= 0.3 is 0 Å². The van der Waals surface area contributed by atoms with Gasteiger partial charge in [0.05, 0.1) is 6.10 Å². The summed E-state index contributed by atoms with van der Waals surface area (Å²) in [4.78, 5) is 8.36. The van der Waals surface area contributed by atoms with Crippen LogP contribution in [0.15, 0.2) is 79.1 Å². The van der Waals surface area contributed by atoms with E-state index in [0.29, 0.717) is 0 Å². The molecule has 4 heteroatoms. The number of aliphatic hydroxyl groups is 1. The lowest BCUT2D eigenvalue weighted by atomic mass is 9.94. The standard InChI is InChI=1S/C14H15NO.C7H9N.C4H8O/c1-11(13-9-5-6-10-15-13)14(16)12-7-3-2-4-8-12;1-2-7-5-3-4-6-8-7;1-2-4-5-3-1/h2-11,14,16H,1H3;3-6H,2H2,1H3;1-4H2. The molecule has 1 saturated heterocycles. The van der Waals surface area contributed by atoms with Gasteiger partial charge in [0, 0.05) is 42.9 Å². The number of nitrogens with zero attached hydrogens (tertiary/aromatic N) is 2. The van der Waals surface area contributed by atoms with Crippen LogP contribution in [0.25, 0.3) is 0 Å². The summed E-state index contributed by atoms with van der Waals surface area (Å²) in [6.45, 7) is 6.09. The summed E-state index contributed by atoms with van der Waals surface area (Å²) >= 11 is 0. The minimum atomic E-state index is -0.504. The zero-order chi connectivity index (χ0) is 20.7. The largest absolute Gasteiger partial charge is 0.388 e. The number of ether oxygens (including phenoxy) is 1. The van der Waals surface area contributed by atoms with E-state index < -0.39 is 6.10 Å². The topological polar surface area (TPSA) is 55.2 Å². The van der Waals surface area contributed by atoms with Crippen molar-refractivity contribution in [3.8, 4) is 0 Å². The Hall–Kier alpha value is -2.56. The highest BCUT2D eigenvalue weighted by Gasteiger charge is 2.18. The lowest BCUT2D eigenvalue weighted by molar-refractivity contribution is 0.150. The molecule has 2 atom stereocenters. The van der Waals surface area contributed by atoms with Crippen LogP contribution in [0.2, 0.25) is 0 Å². The normalized spacial score (nSPS) is 14.6. The number of aryl methyl sites for hydroxylation is 1. The first kappa shape index (κ1) is 22.7. The Morgan fingerprint density at radius 3 is 1.93 bits per heavy atom. The highest BCUT2D eigenvalue weighted by molar-refractivity contribution is 5.22. The molecule has 29 heavy (non-hydrogen) atoms. The molecule has 0 bridgehead atoms. The molecule has 1 N–H and O–H groups in total. The van der Waals surface area contributed by atoms with E-state index in [9.17, 15) is 5.11 Å². The lowest BCUT2D eigenvalue weighted by Crippen LogP contribution is -2.08. The Morgan fingerprint density at radius 1 is 0.862 bits per heavy atom. The molecule has 1 aromatic carbocycles. The average Bonchev–Trinajstić information content (AvgIpc) is 3.41. The van der Waals surface area contributed by atoms with E-state index in [0.717, 1.165) is 36.6 Å². The van der Waals surface area contributed by atoms with Crippen molar-refractivity contribution >= 4 is 0 Å². The summed E-state index contributed by atoms with van der Waals surface area (Å²) in [6, 6.07) is 21.4. The summed E-state index contributed by atoms with van der Waals surface area (Å²) in [6.07, 6.45) is 6.65. The summed E-state index contributed by atoms with van der Waals surface area (Å²) in [5, 5.41) is 10.2. The Morgan fingerprint density at radius 2 is 1.48 bits per heavy atom. The zero-order valence-corrected chi connectivity index (χ0v) is 17.4. The molecule has 1 fully saturated rings. The SMILES string of the molecule is C1CCOC1.CC(c1ccccn1)C(O)c1ccccc1.CCc1ccccn1. The Labute approximate surface area is 174 Å². The number of rotatable bonds is 4. The Kier molecular flexibility index (Phi) is 10.6. The predicted octanol–water partition coefficient (Wildman–Crippen LogP) is 5.36. The molecular weight excluding hydrogens is 360 g/mol. The second kappa shape index (κ2) is 13.6. The van der Waals surface area contributed by atoms with Gasteiger partial charge in [-0.3, -0.25) is 9.97 Å². The molecule has 0 saturated carbocycles. The van der Waals surface area contributed by atoms with Gasteiger partial charge in [0.1, 0.15) is 0 Å². The number of hydrogen-bond donors (Lipinski definition) is 1. The predicted molar refractivity (Wildman–Crippen MR) is 118 cm³/mol. The Balaban J connectivity index is 0.000000190. The molecule has 2 aromatic heterocycles. The highest BCUT2D eigenvalue weighted by Crippen LogP contribution is 2.28. The summed E-state index contributed by atoms with van der Waals surface area (Å²) < 4.78 is 4.94. The average molecular weight is 393 g/mol. The smallest absolute Gasteiger partial charge is 0.0870 e. The van der Waals surface area contributed by atoms with E-state index in [1.54, 1.807) is 6.20 Å². The van der Waals surface area contributed by atoms with Gasteiger partial charge in [-0.15, -0.1) is 0 Å². The maximum absolute atomic E-state index is 10.2. The maximum atomic E-state index is 10.2. The fourth-order valence-electron chi connectivity index (χ4n) is 2.86. The first-order chi connectivity index (χ1) is 14.2. The number of hydrogen-bond acceptors (Lipinski definition) is 4. The first-order valence-electron chi connectivity index (χ1n) is 10.3. The van der Waals surface area contributed by atoms with Crippen molar-refractivity contribution in [1.29, 1.82) is 0 Å². The van der Waals surface area contributed by atoms with Gasteiger partial charge < -0.3 is 9.84 Å². The molecule has 0 radical (unpaired) electrons. The minimum Gasteiger partial charge on any atom is -0.388 e. The fourth-order valence-corrected chi connectivity index (χ4v) is 2.86. The third-order valence-electron chi connectivity index (χ3n) is 4.68. The van der Waals surface area contributed by atoms with Gasteiger partial charge in [-0.25, -0.2) is 0 Å². The van der Waals surface area contributed by atoms with Crippen LogP contribution in [-0.2, 0) is 11.2 Å². The van der Waals surface area contributed by atoms with E-state index in [-0.39, 0.29) is 5.92 Å². The summed E-state index contributed by atoms with van der Waals surface area (Å²) in [7, 11) is 0. The van der Waals surface area contributed by atoms with E-state index in [4.69, 9.17) is 4.74 Å². The molecule has 3 heterocycles. The molecule has 4 rings (SSSR count). The van der Waals surface area contributed by atoms with E-state index >= 15 is 0 Å². The third-order valence-corrected chi connectivity index (χ3v) is 4.68. The number of pyridine rings is 2. The van der Waals surface area contributed by atoms with Gasteiger partial charge in [-0.05, 0) is 49.1 Å². The molecule has 2 unspecified atom stereocenters. The van der Waals surface area contributed by atoms with Crippen molar-refractivity contribution in [3.63, 3.8) is 0 Å². The van der Waals surface area contributed by atoms with Gasteiger partial charge in [0.15, 0.2) is 0 Å². The van der Waals surface area contributed by atoms with Crippen molar-refractivity contribution in [2.24, 2.45) is 0 Å². The molecule has 0 amide bonds. The quantitative estimate of drug-likeness (QED) is 0.649. The fraction of sp³-hybridized carbons (Fsp3) is 0.360. The van der Waals surface area contributed by atoms with Crippen molar-refractivity contribution in [1.82, 2.24) is 9.97 Å². The number of benzene rings is 1. The highest BCUT2D eigenvalue weighted by atomic mass is 16.5. The molecule has 154 valence electrons. The summed E-state index contributed by atoms with van der Waals surface area (Å²) in [5.41, 5.74) is 3.01. The second-order valence-corrected chi connectivity index (χ2v) is 6.89. The molecular formula is C25H32N2O2. The molecule has 4 nitrogen and oxygen atoms in total. The molecule has 3 aromatic rings. The van der Waals surface area contributed by atoms with Crippen molar-refractivity contribution in [2.75, 3.05) is 13.2 Å². The van der Waals surface area contributed by atoms with Crippen LogP contribution >= 0.6 is 0 Å². The lowest BCUT2D eigenvalue weighted by Gasteiger charge is -2.18. The van der Waals surface area contributed by atoms with Crippen LogP contribution in [0.5, 0.6) is 0 Å². The van der Waals surface area contributed by atoms with Crippen LogP contribution in [0, 0.1) is 0 Å². The minimum absolute atomic E-state index is 0.00333. The number of aliphatic hydroxyl groups excluding tert-OH is 1. The Bertz CT molecular complexity index is 711. The third kappa shape index (κ3) is 8.55. The van der Waals surface area contributed by atoms with E-state index in [1.165, 1.54) is 12.8 Å². The molecule has 0 aliphatic carbocycles. The van der Waals surface area contributed by atoms with Crippen LogP contribution in [0.1, 0.15) is 55.7 Å². The van der Waals surface area contributed by atoms with Crippen LogP contribution in [0.3, 0.4) is 0 Å². The summed E-state index contributed by atoms with van der Waals surface area (Å²) in [5.74, 6) is 0.00333. The van der Waals surface area contributed by atoms with Gasteiger partial charge in [-0.2, -0.15) is 0 Å². The van der Waals surface area contributed by atoms with Crippen LogP contribution in [0.4, 0.5) is 0 Å². The zero-order valence-electron chi connectivity index (χ0n) is 17.4. The first-order valence-corrected chi connectivity index (χ1v) is 10.3.